The molecule has 1 saturated heterocycles. The second kappa shape index (κ2) is 12.3. The molecular formula is C25H29BrF2N6O5. The minimum Gasteiger partial charge on any atom is -0.481 e. The van der Waals surface area contributed by atoms with Gasteiger partial charge in [-0.2, -0.15) is 0 Å². The van der Waals surface area contributed by atoms with Crippen LogP contribution in [0.4, 0.5) is 14.5 Å². The van der Waals surface area contributed by atoms with Crippen molar-refractivity contribution in [3.63, 3.8) is 0 Å². The first-order chi connectivity index (χ1) is 18.6. The van der Waals surface area contributed by atoms with Crippen LogP contribution in [-0.4, -0.2) is 71.4 Å². The Hall–Kier alpha value is -3.20. The van der Waals surface area contributed by atoms with Crippen LogP contribution in [0.1, 0.15) is 46.8 Å². The quantitative estimate of drug-likeness (QED) is 0.199. The molecule has 210 valence electrons. The van der Waals surface area contributed by atoms with Gasteiger partial charge in [-0.1, -0.05) is 22.0 Å². The van der Waals surface area contributed by atoms with Gasteiger partial charge in [-0.05, 0) is 42.2 Å². The average molecular weight is 611 g/mol. The van der Waals surface area contributed by atoms with Crippen molar-refractivity contribution in [2.24, 2.45) is 0 Å². The molecule has 1 aliphatic heterocycles. The summed E-state index contributed by atoms with van der Waals surface area (Å²) < 4.78 is 27.8. The molecule has 0 spiro atoms. The summed E-state index contributed by atoms with van der Waals surface area (Å²) in [7, 11) is 0. The predicted octanol–water partition coefficient (Wildman–Crippen LogP) is 1.45. The number of benzene rings is 1. The predicted molar refractivity (Wildman–Crippen MR) is 140 cm³/mol. The molecule has 0 bridgehead atoms. The van der Waals surface area contributed by atoms with Crippen molar-refractivity contribution in [1.82, 2.24) is 26.3 Å². The zero-order chi connectivity index (χ0) is 28.2. The van der Waals surface area contributed by atoms with E-state index in [9.17, 15) is 33.4 Å². The fourth-order valence-electron chi connectivity index (χ4n) is 4.37. The number of nitrogens with one attached hydrogen (secondary N) is 5. The lowest BCUT2D eigenvalue weighted by molar-refractivity contribution is -0.137. The maximum Gasteiger partial charge on any atom is 0.305 e. The second-order valence-corrected chi connectivity index (χ2v) is 10.6. The fourth-order valence-corrected chi connectivity index (χ4v) is 4.88. The van der Waals surface area contributed by atoms with Gasteiger partial charge in [0, 0.05) is 23.8 Å². The minimum atomic E-state index is -2.56. The largest absolute Gasteiger partial charge is 0.481 e. The van der Waals surface area contributed by atoms with E-state index >= 15 is 0 Å². The van der Waals surface area contributed by atoms with E-state index in [0.717, 1.165) is 0 Å². The molecule has 39 heavy (non-hydrogen) atoms. The SMILES string of the molecule is O=C(O)C[C@H](NC(=O)CNC(=O)c1cncc(NC2NCC(O)CN2)c1)c1cc(Br)cc(C2(C(F)F)CC2)c1. The zero-order valence-corrected chi connectivity index (χ0v) is 22.3. The summed E-state index contributed by atoms with van der Waals surface area (Å²) in [6, 6.07) is 5.22. The molecule has 1 aliphatic carbocycles. The molecule has 0 radical (unpaired) electrons. The molecule has 0 unspecified atom stereocenters. The molecule has 2 aliphatic rings. The number of halogens is 3. The first-order valence-electron chi connectivity index (χ1n) is 12.3. The van der Waals surface area contributed by atoms with Crippen LogP contribution in [0.5, 0.6) is 0 Å². The van der Waals surface area contributed by atoms with Crippen molar-refractivity contribution in [2.45, 2.75) is 49.5 Å². The number of carboxylic acids is 1. The van der Waals surface area contributed by atoms with Crippen LogP contribution in [0.25, 0.3) is 0 Å². The Morgan fingerprint density at radius 2 is 1.85 bits per heavy atom. The number of anilines is 1. The zero-order valence-electron chi connectivity index (χ0n) is 20.7. The Bertz CT molecular complexity index is 1220. The number of carbonyl (C=O) groups excluding carboxylic acids is 2. The monoisotopic (exact) mass is 610 g/mol. The van der Waals surface area contributed by atoms with E-state index in [1.165, 1.54) is 18.5 Å². The Morgan fingerprint density at radius 1 is 1.13 bits per heavy atom. The average Bonchev–Trinajstić information content (AvgIpc) is 3.70. The highest BCUT2D eigenvalue weighted by Crippen LogP contribution is 2.53. The smallest absolute Gasteiger partial charge is 0.305 e. The molecule has 1 aromatic carbocycles. The number of pyridine rings is 1. The topological polar surface area (TPSA) is 165 Å². The standard InChI is InChI=1S/C25H29BrF2N6O5/c26-16-4-13(3-15(6-16)25(1-2-25)23(27)28)19(7-21(37)38)34-20(36)12-30-22(39)14-5-17(9-29-8-14)33-24-31-10-18(35)11-32-24/h3-6,8-9,18-19,23-24,31-33,35H,1-2,7,10-12H2,(H,30,39)(H,34,36)(H,37,38)/t18?,19-,24?/m0/s1. The van der Waals surface area contributed by atoms with Crippen LogP contribution in [0.3, 0.4) is 0 Å². The van der Waals surface area contributed by atoms with E-state index in [1.54, 1.807) is 18.2 Å². The normalized spacial score (nSPS) is 20.6. The van der Waals surface area contributed by atoms with Crippen molar-refractivity contribution in [3.8, 4) is 0 Å². The van der Waals surface area contributed by atoms with Gasteiger partial charge in [0.2, 0.25) is 12.3 Å². The number of aliphatic hydroxyl groups excluding tert-OH is 1. The van der Waals surface area contributed by atoms with Gasteiger partial charge in [-0.25, -0.2) is 8.78 Å². The van der Waals surface area contributed by atoms with E-state index in [4.69, 9.17) is 0 Å². The lowest BCUT2D eigenvalue weighted by atomic mass is 9.92. The maximum absolute atomic E-state index is 13.7. The number of aliphatic carboxylic acids is 1. The highest BCUT2D eigenvalue weighted by molar-refractivity contribution is 9.10. The van der Waals surface area contributed by atoms with Gasteiger partial charge in [0.15, 0.2) is 0 Å². The van der Waals surface area contributed by atoms with Gasteiger partial charge in [0.25, 0.3) is 5.91 Å². The number of alkyl halides is 2. The molecule has 2 heterocycles. The van der Waals surface area contributed by atoms with Crippen molar-refractivity contribution in [2.75, 3.05) is 25.0 Å². The lowest BCUT2D eigenvalue weighted by Gasteiger charge is -2.29. The Balaban J connectivity index is 1.38. The number of hydrogen-bond donors (Lipinski definition) is 7. The van der Waals surface area contributed by atoms with Gasteiger partial charge in [0.1, 0.15) is 6.29 Å². The van der Waals surface area contributed by atoms with E-state index in [-0.39, 0.29) is 11.9 Å². The molecule has 1 aromatic heterocycles. The molecule has 4 rings (SSSR count). The fraction of sp³-hybridized carbons (Fsp3) is 0.440. The first-order valence-corrected chi connectivity index (χ1v) is 13.1. The highest BCUT2D eigenvalue weighted by atomic mass is 79.9. The molecule has 1 atom stereocenters. The van der Waals surface area contributed by atoms with Gasteiger partial charge in [0.05, 0.1) is 48.0 Å². The van der Waals surface area contributed by atoms with Gasteiger partial charge >= 0.3 is 5.97 Å². The summed E-state index contributed by atoms with van der Waals surface area (Å²) in [5.74, 6) is -2.41. The van der Waals surface area contributed by atoms with Crippen LogP contribution < -0.4 is 26.6 Å². The van der Waals surface area contributed by atoms with Crippen LogP contribution in [0.2, 0.25) is 0 Å². The van der Waals surface area contributed by atoms with Gasteiger partial charge in [-0.15, -0.1) is 0 Å². The van der Waals surface area contributed by atoms with Gasteiger partial charge in [-0.3, -0.25) is 30.0 Å². The summed E-state index contributed by atoms with van der Waals surface area (Å²) in [5.41, 5.74) is 0.206. The number of amides is 2. The maximum atomic E-state index is 13.7. The Kier molecular flexibility index (Phi) is 9.10. The van der Waals surface area contributed by atoms with E-state index in [2.05, 4.69) is 47.5 Å². The van der Waals surface area contributed by atoms with Crippen molar-refractivity contribution in [3.05, 3.63) is 57.8 Å². The van der Waals surface area contributed by atoms with Crippen LogP contribution in [-0.2, 0) is 15.0 Å². The highest BCUT2D eigenvalue weighted by Gasteiger charge is 2.52. The molecule has 1 saturated carbocycles. The summed E-state index contributed by atoms with van der Waals surface area (Å²) >= 11 is 3.31. The second-order valence-electron chi connectivity index (χ2n) is 9.64. The number of hydrogen-bond acceptors (Lipinski definition) is 8. The molecule has 7 N–H and O–H groups in total. The third kappa shape index (κ3) is 7.47. The number of β-amino-alcohol motifs (C(OH)–C–C–N with tert-alkyl or cyclic N) is 1. The molecular weight excluding hydrogens is 582 g/mol. The van der Waals surface area contributed by atoms with Crippen LogP contribution in [0, 0.1) is 0 Å². The summed E-state index contributed by atoms with van der Waals surface area (Å²) in [6.07, 6.45) is -0.381. The molecule has 2 amide bonds. The van der Waals surface area contributed by atoms with Crippen LogP contribution in [0.15, 0.2) is 41.1 Å². The third-order valence-corrected chi connectivity index (χ3v) is 7.11. The van der Waals surface area contributed by atoms with Crippen molar-refractivity contribution < 1.29 is 33.4 Å². The van der Waals surface area contributed by atoms with E-state index in [1.807, 2.05) is 0 Å². The number of carboxylic acid groups (broad SMARTS) is 1. The van der Waals surface area contributed by atoms with Crippen molar-refractivity contribution in [1.29, 1.82) is 0 Å². The van der Waals surface area contributed by atoms with Gasteiger partial charge < -0.3 is 26.2 Å². The third-order valence-electron chi connectivity index (χ3n) is 6.65. The molecule has 2 fully saturated rings. The van der Waals surface area contributed by atoms with Crippen molar-refractivity contribution >= 4 is 39.4 Å². The number of carbonyl (C=O) groups is 3. The number of nitrogens with zero attached hydrogens (tertiary/aromatic N) is 1. The number of rotatable bonds is 11. The first kappa shape index (κ1) is 28.8. The molecule has 2 aromatic rings. The van der Waals surface area contributed by atoms with E-state index in [0.29, 0.717) is 47.2 Å². The van der Waals surface area contributed by atoms with E-state index < -0.39 is 54.7 Å². The summed E-state index contributed by atoms with van der Waals surface area (Å²) in [6.45, 7) is 0.341. The molecule has 14 heteroatoms. The lowest BCUT2D eigenvalue weighted by Crippen LogP contribution is -2.58. The number of aromatic nitrogens is 1. The Labute approximate surface area is 231 Å². The number of aliphatic hydroxyl groups is 1. The van der Waals surface area contributed by atoms with Crippen LogP contribution >= 0.6 is 15.9 Å². The minimum absolute atomic E-state index is 0.184. The summed E-state index contributed by atoms with van der Waals surface area (Å²) in [4.78, 5) is 40.9. The Morgan fingerprint density at radius 3 is 2.49 bits per heavy atom. The summed E-state index contributed by atoms with van der Waals surface area (Å²) in [5, 5.41) is 33.2. The molecule has 11 nitrogen and oxygen atoms in total.